The largest absolute Gasteiger partial charge is 0.493 e. The van der Waals surface area contributed by atoms with E-state index in [1.165, 1.54) is 0 Å². The fourth-order valence-corrected chi connectivity index (χ4v) is 3.69. The quantitative estimate of drug-likeness (QED) is 0.659. The molecule has 3 aromatic rings. The Bertz CT molecular complexity index is 962. The van der Waals surface area contributed by atoms with Crippen LogP contribution in [0.3, 0.4) is 0 Å². The summed E-state index contributed by atoms with van der Waals surface area (Å²) < 4.78 is 7.45. The van der Waals surface area contributed by atoms with Gasteiger partial charge < -0.3 is 15.4 Å². The summed E-state index contributed by atoms with van der Waals surface area (Å²) in [5.41, 5.74) is 2.51. The van der Waals surface area contributed by atoms with Gasteiger partial charge in [-0.15, -0.1) is 0 Å². The van der Waals surface area contributed by atoms with E-state index in [-0.39, 0.29) is 5.91 Å². The predicted octanol–water partition coefficient (Wildman–Crippen LogP) is 2.34. The molecular formula is C21H25N5O2. The molecule has 7 heteroatoms. The Morgan fingerprint density at radius 1 is 1.32 bits per heavy atom. The normalized spacial score (nSPS) is 16.4. The molecule has 2 aromatic heterocycles. The van der Waals surface area contributed by atoms with E-state index in [1.54, 1.807) is 12.3 Å². The fourth-order valence-electron chi connectivity index (χ4n) is 3.69. The van der Waals surface area contributed by atoms with Crippen molar-refractivity contribution in [3.8, 4) is 5.75 Å². The molecule has 146 valence electrons. The van der Waals surface area contributed by atoms with E-state index in [0.717, 1.165) is 36.2 Å². The number of nitrogens with zero attached hydrogens (tertiary/aromatic N) is 3. The molecule has 1 saturated heterocycles. The molecule has 1 atom stereocenters. The monoisotopic (exact) mass is 379 g/mol. The topological polar surface area (TPSA) is 81.1 Å². The number of pyridine rings is 1. The smallest absolute Gasteiger partial charge is 0.255 e. The van der Waals surface area contributed by atoms with Crippen LogP contribution in [0.4, 0.5) is 0 Å². The Morgan fingerprint density at radius 3 is 3.04 bits per heavy atom. The van der Waals surface area contributed by atoms with Crippen molar-refractivity contribution in [2.45, 2.75) is 25.8 Å². The Kier molecular flexibility index (Phi) is 5.53. The highest BCUT2D eigenvalue weighted by Gasteiger charge is 2.23. The van der Waals surface area contributed by atoms with Crippen molar-refractivity contribution in [3.05, 3.63) is 53.9 Å². The number of nitrogens with one attached hydrogen (secondary N) is 2. The SMILES string of the molecule is CCOc1ccccc1C(=O)NCCn1nc([C@H]2CCNC2)c2cccnc21. The maximum atomic E-state index is 12.6. The van der Waals surface area contributed by atoms with Crippen LogP contribution in [0.15, 0.2) is 42.6 Å². The molecule has 3 heterocycles. The third-order valence-electron chi connectivity index (χ3n) is 5.02. The van der Waals surface area contributed by atoms with E-state index in [9.17, 15) is 4.79 Å². The lowest BCUT2D eigenvalue weighted by molar-refractivity contribution is 0.0948. The molecule has 0 saturated carbocycles. The van der Waals surface area contributed by atoms with Crippen LogP contribution in [0, 0.1) is 0 Å². The molecule has 1 fully saturated rings. The third kappa shape index (κ3) is 3.71. The molecule has 0 radical (unpaired) electrons. The summed E-state index contributed by atoms with van der Waals surface area (Å²) in [5, 5.41) is 12.3. The molecule has 1 aliphatic heterocycles. The molecule has 0 aliphatic carbocycles. The molecule has 0 bridgehead atoms. The number of fused-ring (bicyclic) bond motifs is 1. The predicted molar refractivity (Wildman–Crippen MR) is 108 cm³/mol. The van der Waals surface area contributed by atoms with Crippen molar-refractivity contribution in [3.63, 3.8) is 0 Å². The zero-order valence-corrected chi connectivity index (χ0v) is 16.0. The second-order valence-electron chi connectivity index (χ2n) is 6.86. The van der Waals surface area contributed by atoms with Crippen molar-refractivity contribution in [2.75, 3.05) is 26.2 Å². The van der Waals surface area contributed by atoms with Crippen molar-refractivity contribution in [1.29, 1.82) is 0 Å². The summed E-state index contributed by atoms with van der Waals surface area (Å²) >= 11 is 0. The number of aromatic nitrogens is 3. The van der Waals surface area contributed by atoms with E-state index < -0.39 is 0 Å². The van der Waals surface area contributed by atoms with Gasteiger partial charge in [-0.25, -0.2) is 9.67 Å². The first-order valence-electron chi connectivity index (χ1n) is 9.80. The highest BCUT2D eigenvalue weighted by Crippen LogP contribution is 2.27. The Hall–Kier alpha value is -2.93. The molecule has 1 aromatic carbocycles. The third-order valence-corrected chi connectivity index (χ3v) is 5.02. The average Bonchev–Trinajstić information content (AvgIpc) is 3.37. The van der Waals surface area contributed by atoms with Gasteiger partial charge in [-0.05, 0) is 44.2 Å². The van der Waals surface area contributed by atoms with Gasteiger partial charge in [0.2, 0.25) is 0 Å². The zero-order chi connectivity index (χ0) is 19.3. The lowest BCUT2D eigenvalue weighted by Crippen LogP contribution is -2.28. The highest BCUT2D eigenvalue weighted by molar-refractivity contribution is 5.96. The number of carbonyl (C=O) groups is 1. The van der Waals surface area contributed by atoms with Crippen LogP contribution in [0.5, 0.6) is 5.75 Å². The summed E-state index contributed by atoms with van der Waals surface area (Å²) in [4.78, 5) is 17.1. The molecule has 28 heavy (non-hydrogen) atoms. The molecular weight excluding hydrogens is 354 g/mol. The van der Waals surface area contributed by atoms with Crippen LogP contribution in [0.25, 0.3) is 11.0 Å². The summed E-state index contributed by atoms with van der Waals surface area (Å²) in [6, 6.07) is 11.3. The number of carbonyl (C=O) groups excluding carboxylic acids is 1. The van der Waals surface area contributed by atoms with Crippen molar-refractivity contribution in [1.82, 2.24) is 25.4 Å². The van der Waals surface area contributed by atoms with E-state index in [4.69, 9.17) is 9.84 Å². The Morgan fingerprint density at radius 2 is 2.21 bits per heavy atom. The lowest BCUT2D eigenvalue weighted by Gasteiger charge is -2.10. The second kappa shape index (κ2) is 8.39. The number of amides is 1. The first kappa shape index (κ1) is 18.4. The van der Waals surface area contributed by atoms with Crippen molar-refractivity contribution < 1.29 is 9.53 Å². The molecule has 0 spiro atoms. The summed E-state index contributed by atoms with van der Waals surface area (Å²) in [7, 11) is 0. The van der Waals surface area contributed by atoms with Crippen LogP contribution in [-0.4, -0.2) is 46.9 Å². The van der Waals surface area contributed by atoms with Gasteiger partial charge in [0.15, 0.2) is 5.65 Å². The first-order chi connectivity index (χ1) is 13.8. The highest BCUT2D eigenvalue weighted by atomic mass is 16.5. The van der Waals surface area contributed by atoms with E-state index >= 15 is 0 Å². The molecule has 4 rings (SSSR count). The second-order valence-corrected chi connectivity index (χ2v) is 6.86. The van der Waals surface area contributed by atoms with Gasteiger partial charge >= 0.3 is 0 Å². The number of benzene rings is 1. The van der Waals surface area contributed by atoms with Gasteiger partial charge in [0, 0.05) is 30.6 Å². The number of ether oxygens (including phenoxy) is 1. The van der Waals surface area contributed by atoms with Crippen LogP contribution >= 0.6 is 0 Å². The van der Waals surface area contributed by atoms with E-state index in [0.29, 0.717) is 36.9 Å². The molecule has 0 unspecified atom stereocenters. The average molecular weight is 379 g/mol. The summed E-state index contributed by atoms with van der Waals surface area (Å²) in [6.07, 6.45) is 2.88. The maximum absolute atomic E-state index is 12.6. The minimum absolute atomic E-state index is 0.145. The summed E-state index contributed by atoms with van der Waals surface area (Å²) in [6.45, 7) is 5.43. The van der Waals surface area contributed by atoms with E-state index in [1.807, 2.05) is 35.9 Å². The Balaban J connectivity index is 1.47. The van der Waals surface area contributed by atoms with E-state index in [2.05, 4.69) is 21.7 Å². The number of hydrogen-bond donors (Lipinski definition) is 2. The zero-order valence-electron chi connectivity index (χ0n) is 16.0. The number of hydrogen-bond acceptors (Lipinski definition) is 5. The summed E-state index contributed by atoms with van der Waals surface area (Å²) in [5.74, 6) is 0.874. The van der Waals surface area contributed by atoms with Crippen molar-refractivity contribution >= 4 is 16.9 Å². The molecule has 2 N–H and O–H groups in total. The molecule has 7 nitrogen and oxygen atoms in total. The first-order valence-corrected chi connectivity index (χ1v) is 9.80. The number of rotatable bonds is 7. The minimum atomic E-state index is -0.145. The fraction of sp³-hybridized carbons (Fsp3) is 0.381. The lowest BCUT2D eigenvalue weighted by atomic mass is 10.0. The van der Waals surface area contributed by atoms with Gasteiger partial charge in [0.05, 0.1) is 24.4 Å². The number of para-hydroxylation sites is 1. The molecule has 1 amide bonds. The Labute approximate surface area is 164 Å². The maximum Gasteiger partial charge on any atom is 0.255 e. The standard InChI is InChI=1S/C21H25N5O2/c1-2-28-18-8-4-3-6-16(18)21(27)24-12-13-26-20-17(7-5-10-23-20)19(25-26)15-9-11-22-14-15/h3-8,10,15,22H,2,9,11-14H2,1H3,(H,24,27)/t15-/m0/s1. The van der Waals surface area contributed by atoms with Crippen LogP contribution in [0.1, 0.15) is 35.3 Å². The van der Waals surface area contributed by atoms with Crippen molar-refractivity contribution in [2.24, 2.45) is 0 Å². The molecule has 1 aliphatic rings. The van der Waals surface area contributed by atoms with Gasteiger partial charge in [0.1, 0.15) is 5.75 Å². The van der Waals surface area contributed by atoms with Crippen LogP contribution in [-0.2, 0) is 6.54 Å². The van der Waals surface area contributed by atoms with Gasteiger partial charge in [-0.2, -0.15) is 5.10 Å². The van der Waals surface area contributed by atoms with Gasteiger partial charge in [-0.3, -0.25) is 4.79 Å². The minimum Gasteiger partial charge on any atom is -0.493 e. The van der Waals surface area contributed by atoms with Crippen LogP contribution < -0.4 is 15.4 Å². The van der Waals surface area contributed by atoms with Gasteiger partial charge in [0.25, 0.3) is 5.91 Å². The van der Waals surface area contributed by atoms with Crippen LogP contribution in [0.2, 0.25) is 0 Å². The van der Waals surface area contributed by atoms with Gasteiger partial charge in [-0.1, -0.05) is 12.1 Å².